The minimum atomic E-state index is -4.58. The molecule has 0 spiro atoms. The van der Waals surface area contributed by atoms with E-state index >= 15 is 0 Å². The molecule has 0 radical (unpaired) electrons. The van der Waals surface area contributed by atoms with Gasteiger partial charge in [-0.2, -0.15) is 8.42 Å². The van der Waals surface area contributed by atoms with Crippen LogP contribution >= 0.6 is 0 Å². The van der Waals surface area contributed by atoms with E-state index in [4.69, 9.17) is 4.55 Å². The Morgan fingerprint density at radius 1 is 1.47 bits per heavy atom. The van der Waals surface area contributed by atoms with E-state index in [9.17, 15) is 13.2 Å². The van der Waals surface area contributed by atoms with Gasteiger partial charge in [0.1, 0.15) is 0 Å². The lowest BCUT2D eigenvalue weighted by atomic mass is 10.2. The quantitative estimate of drug-likeness (QED) is 0.308. The van der Waals surface area contributed by atoms with E-state index in [1.807, 2.05) is 6.92 Å². The second-order valence-electron chi connectivity index (χ2n) is 2.69. The Morgan fingerprint density at radius 2 is 2.13 bits per heavy atom. The summed E-state index contributed by atoms with van der Waals surface area (Å²) in [5, 5.41) is 0. The summed E-state index contributed by atoms with van der Waals surface area (Å²) in [5.41, 5.74) is 0. The van der Waals surface area contributed by atoms with Gasteiger partial charge in [-0.15, -0.1) is 0 Å². The van der Waals surface area contributed by atoms with E-state index in [1.54, 1.807) is 6.08 Å². The van der Waals surface area contributed by atoms with Gasteiger partial charge in [-0.25, -0.2) is 8.98 Å². The van der Waals surface area contributed by atoms with Crippen LogP contribution in [0.1, 0.15) is 26.2 Å². The predicted octanol–water partition coefficient (Wildman–Crippen LogP) is 1.05. The molecule has 0 aliphatic carbocycles. The molecule has 88 valence electrons. The van der Waals surface area contributed by atoms with Crippen molar-refractivity contribution in [3.05, 3.63) is 12.3 Å². The smallest absolute Gasteiger partial charge is 0.397 e. The molecule has 7 heteroatoms. The van der Waals surface area contributed by atoms with Crippen LogP contribution in [0, 0.1) is 0 Å². The van der Waals surface area contributed by atoms with Crippen LogP contribution in [0.5, 0.6) is 0 Å². The standard InChI is InChI=1S/C8H14O6S/c1-2-3-4-5-6-13-8(9)7-14-15(10,11)12/h5-6H,2-4,7H2,1H3,(H,10,11,12). The number of carbonyl (C=O) groups is 1. The first-order valence-electron chi connectivity index (χ1n) is 4.42. The first-order valence-corrected chi connectivity index (χ1v) is 5.78. The molecule has 0 aromatic carbocycles. The van der Waals surface area contributed by atoms with Gasteiger partial charge in [-0.1, -0.05) is 13.3 Å². The fourth-order valence-electron chi connectivity index (χ4n) is 0.671. The summed E-state index contributed by atoms with van der Waals surface area (Å²) >= 11 is 0. The topological polar surface area (TPSA) is 89.9 Å². The normalized spacial score (nSPS) is 11.9. The van der Waals surface area contributed by atoms with Crippen LogP contribution in [-0.4, -0.2) is 25.5 Å². The number of ether oxygens (including phenoxy) is 1. The van der Waals surface area contributed by atoms with Gasteiger partial charge in [-0.3, -0.25) is 4.55 Å². The Bertz CT molecular complexity index is 305. The Morgan fingerprint density at radius 3 is 2.67 bits per heavy atom. The van der Waals surface area contributed by atoms with E-state index in [2.05, 4.69) is 8.92 Å². The van der Waals surface area contributed by atoms with Crippen molar-refractivity contribution in [1.82, 2.24) is 0 Å². The summed E-state index contributed by atoms with van der Waals surface area (Å²) in [4.78, 5) is 10.7. The molecular formula is C8H14O6S. The number of hydrogen-bond donors (Lipinski definition) is 1. The Labute approximate surface area is 88.8 Å². The third-order valence-corrected chi connectivity index (χ3v) is 1.76. The van der Waals surface area contributed by atoms with Crippen molar-refractivity contribution in [3.63, 3.8) is 0 Å². The molecule has 0 aromatic heterocycles. The monoisotopic (exact) mass is 238 g/mol. The van der Waals surface area contributed by atoms with Crippen LogP contribution in [-0.2, 0) is 24.1 Å². The molecule has 0 saturated carbocycles. The molecule has 0 saturated heterocycles. The molecule has 0 aromatic rings. The maximum absolute atomic E-state index is 10.7. The molecule has 15 heavy (non-hydrogen) atoms. The Kier molecular flexibility index (Phi) is 6.93. The highest BCUT2D eigenvalue weighted by molar-refractivity contribution is 7.80. The van der Waals surface area contributed by atoms with E-state index in [0.29, 0.717) is 0 Å². The highest BCUT2D eigenvalue weighted by atomic mass is 32.3. The molecule has 6 nitrogen and oxygen atoms in total. The SMILES string of the molecule is CCCCC=COC(=O)COS(=O)(=O)O. The van der Waals surface area contributed by atoms with E-state index in [0.717, 1.165) is 19.3 Å². The molecule has 0 unspecified atom stereocenters. The maximum Gasteiger partial charge on any atom is 0.397 e. The van der Waals surface area contributed by atoms with Crippen molar-refractivity contribution < 1.29 is 26.7 Å². The fraction of sp³-hybridized carbons (Fsp3) is 0.625. The van der Waals surface area contributed by atoms with Gasteiger partial charge in [0.15, 0.2) is 6.61 Å². The summed E-state index contributed by atoms with van der Waals surface area (Å²) in [7, 11) is -4.58. The third kappa shape index (κ3) is 11.0. The van der Waals surface area contributed by atoms with Gasteiger partial charge >= 0.3 is 16.4 Å². The third-order valence-electron chi connectivity index (χ3n) is 1.35. The van der Waals surface area contributed by atoms with E-state index < -0.39 is 23.0 Å². The molecule has 0 amide bonds. The van der Waals surface area contributed by atoms with Crippen LogP contribution in [0.3, 0.4) is 0 Å². The van der Waals surface area contributed by atoms with Crippen LogP contribution in [0.15, 0.2) is 12.3 Å². The van der Waals surface area contributed by atoms with Crippen molar-refractivity contribution in [3.8, 4) is 0 Å². The fourth-order valence-corrected chi connectivity index (χ4v) is 0.916. The molecule has 0 fully saturated rings. The molecule has 0 rings (SSSR count). The van der Waals surface area contributed by atoms with Gasteiger partial charge in [0, 0.05) is 0 Å². The highest BCUT2D eigenvalue weighted by Crippen LogP contribution is 1.95. The number of carbonyl (C=O) groups excluding carboxylic acids is 1. The molecule has 1 N–H and O–H groups in total. The summed E-state index contributed by atoms with van der Waals surface area (Å²) in [6.45, 7) is 1.19. The molecule has 0 aliphatic rings. The highest BCUT2D eigenvalue weighted by Gasteiger charge is 2.09. The lowest BCUT2D eigenvalue weighted by Crippen LogP contribution is -2.14. The average molecular weight is 238 g/mol. The summed E-state index contributed by atoms with van der Waals surface area (Å²) in [6, 6.07) is 0. The van der Waals surface area contributed by atoms with Gasteiger partial charge in [0.2, 0.25) is 0 Å². The van der Waals surface area contributed by atoms with Crippen molar-refractivity contribution in [2.75, 3.05) is 6.61 Å². The molecule has 0 bridgehead atoms. The average Bonchev–Trinajstić information content (AvgIpc) is 2.13. The number of allylic oxidation sites excluding steroid dienone is 1. The first-order chi connectivity index (χ1) is 6.95. The maximum atomic E-state index is 10.7. The Balaban J connectivity index is 3.62. The Hall–Kier alpha value is -0.920. The number of esters is 1. The van der Waals surface area contributed by atoms with Crippen molar-refractivity contribution in [2.45, 2.75) is 26.2 Å². The zero-order valence-corrected chi connectivity index (χ0v) is 9.20. The first kappa shape index (κ1) is 14.1. The zero-order chi connectivity index (χ0) is 11.7. The van der Waals surface area contributed by atoms with E-state index in [1.165, 1.54) is 6.26 Å². The van der Waals surface area contributed by atoms with E-state index in [-0.39, 0.29) is 0 Å². The number of rotatable bonds is 7. The van der Waals surface area contributed by atoms with Crippen LogP contribution in [0.25, 0.3) is 0 Å². The molecule has 0 aliphatic heterocycles. The largest absolute Gasteiger partial charge is 0.433 e. The molecule has 0 atom stereocenters. The lowest BCUT2D eigenvalue weighted by Gasteiger charge is -1.98. The van der Waals surface area contributed by atoms with Crippen molar-refractivity contribution >= 4 is 16.4 Å². The minimum Gasteiger partial charge on any atom is -0.433 e. The van der Waals surface area contributed by atoms with Crippen LogP contribution in [0.4, 0.5) is 0 Å². The predicted molar refractivity (Wildman–Crippen MR) is 52.3 cm³/mol. The number of hydrogen-bond acceptors (Lipinski definition) is 5. The minimum absolute atomic E-state index is 0.781. The van der Waals surface area contributed by atoms with Gasteiger partial charge in [-0.05, 0) is 18.9 Å². The van der Waals surface area contributed by atoms with Gasteiger partial charge < -0.3 is 4.74 Å². The lowest BCUT2D eigenvalue weighted by molar-refractivity contribution is -0.140. The molecule has 0 heterocycles. The second kappa shape index (κ2) is 7.38. The summed E-state index contributed by atoms with van der Waals surface area (Å²) in [6.07, 6.45) is 5.61. The summed E-state index contributed by atoms with van der Waals surface area (Å²) in [5.74, 6) is -0.889. The van der Waals surface area contributed by atoms with Gasteiger partial charge in [0.05, 0.1) is 6.26 Å². The molecular weight excluding hydrogens is 224 g/mol. The summed E-state index contributed by atoms with van der Waals surface area (Å²) < 4.78 is 36.5. The van der Waals surface area contributed by atoms with Crippen LogP contribution in [0.2, 0.25) is 0 Å². The van der Waals surface area contributed by atoms with Crippen molar-refractivity contribution in [1.29, 1.82) is 0 Å². The number of unbranched alkanes of at least 4 members (excludes halogenated alkanes) is 2. The van der Waals surface area contributed by atoms with Crippen molar-refractivity contribution in [2.24, 2.45) is 0 Å². The zero-order valence-electron chi connectivity index (χ0n) is 8.38. The van der Waals surface area contributed by atoms with Gasteiger partial charge in [0.25, 0.3) is 0 Å². The second-order valence-corrected chi connectivity index (χ2v) is 3.78. The van der Waals surface area contributed by atoms with Crippen LogP contribution < -0.4 is 0 Å².